The smallest absolute Gasteiger partial charge is 0.239 e. The van der Waals surface area contributed by atoms with Crippen LogP contribution in [-0.2, 0) is 9.59 Å². The SMILES string of the molecule is CC(C)N(CCNC(=O)CNC(=O)CN)C(C)C.Cl.Cl. The molecule has 8 heteroatoms. The first-order valence-electron chi connectivity index (χ1n) is 6.37. The quantitative estimate of drug-likeness (QED) is 0.590. The second-order valence-corrected chi connectivity index (χ2v) is 4.76. The maximum absolute atomic E-state index is 11.4. The first-order chi connectivity index (χ1) is 8.38. The zero-order chi connectivity index (χ0) is 14.1. The van der Waals surface area contributed by atoms with E-state index in [1.807, 2.05) is 0 Å². The summed E-state index contributed by atoms with van der Waals surface area (Å²) in [4.78, 5) is 24.5. The van der Waals surface area contributed by atoms with Gasteiger partial charge in [-0.3, -0.25) is 14.5 Å². The number of hydrogen-bond acceptors (Lipinski definition) is 4. The van der Waals surface area contributed by atoms with E-state index in [4.69, 9.17) is 5.73 Å². The minimum absolute atomic E-state index is 0. The van der Waals surface area contributed by atoms with Crippen LogP contribution in [0.4, 0.5) is 0 Å². The predicted molar refractivity (Wildman–Crippen MR) is 86.5 cm³/mol. The molecule has 0 aliphatic heterocycles. The predicted octanol–water partition coefficient (Wildman–Crippen LogP) is 0.140. The molecule has 0 aromatic rings. The van der Waals surface area contributed by atoms with E-state index in [-0.39, 0.29) is 49.7 Å². The Morgan fingerprint density at radius 1 is 1.00 bits per heavy atom. The fraction of sp³-hybridized carbons (Fsp3) is 0.833. The van der Waals surface area contributed by atoms with E-state index in [0.29, 0.717) is 18.6 Å². The molecule has 0 fully saturated rings. The van der Waals surface area contributed by atoms with Crippen molar-refractivity contribution in [1.82, 2.24) is 15.5 Å². The summed E-state index contributed by atoms with van der Waals surface area (Å²) in [6, 6.07) is 0.887. The zero-order valence-electron chi connectivity index (χ0n) is 12.6. The van der Waals surface area contributed by atoms with Crippen LogP contribution >= 0.6 is 24.8 Å². The molecule has 0 heterocycles. The average molecular weight is 331 g/mol. The van der Waals surface area contributed by atoms with Gasteiger partial charge in [0.15, 0.2) is 0 Å². The van der Waals surface area contributed by atoms with Crippen molar-refractivity contribution in [2.45, 2.75) is 39.8 Å². The summed E-state index contributed by atoms with van der Waals surface area (Å²) in [7, 11) is 0. The highest BCUT2D eigenvalue weighted by molar-refractivity contribution is 5.86. The molecule has 0 spiro atoms. The van der Waals surface area contributed by atoms with Crippen LogP contribution in [0.1, 0.15) is 27.7 Å². The lowest BCUT2D eigenvalue weighted by Crippen LogP contribution is -2.45. The van der Waals surface area contributed by atoms with E-state index >= 15 is 0 Å². The highest BCUT2D eigenvalue weighted by atomic mass is 35.5. The number of carbonyl (C=O) groups excluding carboxylic acids is 2. The summed E-state index contributed by atoms with van der Waals surface area (Å²) < 4.78 is 0. The summed E-state index contributed by atoms with van der Waals surface area (Å²) in [5.74, 6) is -0.514. The summed E-state index contributed by atoms with van der Waals surface area (Å²) >= 11 is 0. The lowest BCUT2D eigenvalue weighted by atomic mass is 10.2. The molecule has 4 N–H and O–H groups in total. The number of nitrogens with one attached hydrogen (secondary N) is 2. The van der Waals surface area contributed by atoms with Gasteiger partial charge in [-0.25, -0.2) is 0 Å². The van der Waals surface area contributed by atoms with Gasteiger partial charge in [0.1, 0.15) is 0 Å². The van der Waals surface area contributed by atoms with E-state index in [1.54, 1.807) is 0 Å². The Labute approximate surface area is 134 Å². The Morgan fingerprint density at radius 3 is 1.90 bits per heavy atom. The molecule has 2 amide bonds. The highest BCUT2D eigenvalue weighted by Crippen LogP contribution is 2.02. The van der Waals surface area contributed by atoms with Gasteiger partial charge in [-0.15, -0.1) is 24.8 Å². The molecule has 0 unspecified atom stereocenters. The molecule has 0 aliphatic carbocycles. The standard InChI is InChI=1S/C12H26N4O2.2ClH/c1-9(2)16(10(3)4)6-5-14-12(18)8-15-11(17)7-13;;/h9-10H,5-8,13H2,1-4H3,(H,14,18)(H,15,17);2*1H. The Kier molecular flexibility index (Phi) is 16.4. The molecular weight excluding hydrogens is 303 g/mol. The lowest BCUT2D eigenvalue weighted by Gasteiger charge is -2.30. The van der Waals surface area contributed by atoms with Crippen LogP contribution in [0.2, 0.25) is 0 Å². The minimum Gasteiger partial charge on any atom is -0.353 e. The molecule has 20 heavy (non-hydrogen) atoms. The fourth-order valence-electron chi connectivity index (χ4n) is 1.75. The number of nitrogens with zero attached hydrogens (tertiary/aromatic N) is 1. The molecule has 0 saturated heterocycles. The van der Waals surface area contributed by atoms with Gasteiger partial charge >= 0.3 is 0 Å². The second-order valence-electron chi connectivity index (χ2n) is 4.76. The van der Waals surface area contributed by atoms with E-state index < -0.39 is 0 Å². The number of carbonyl (C=O) groups is 2. The molecular formula is C12H28Cl2N4O2. The van der Waals surface area contributed by atoms with E-state index in [1.165, 1.54) is 0 Å². The summed E-state index contributed by atoms with van der Waals surface area (Å²) in [6.45, 7) is 9.78. The van der Waals surface area contributed by atoms with Crippen molar-refractivity contribution in [2.24, 2.45) is 5.73 Å². The third-order valence-electron chi connectivity index (χ3n) is 2.65. The van der Waals surface area contributed by atoms with Crippen LogP contribution in [-0.4, -0.2) is 55.0 Å². The third-order valence-corrected chi connectivity index (χ3v) is 2.65. The van der Waals surface area contributed by atoms with Gasteiger partial charge in [-0.2, -0.15) is 0 Å². The normalized spacial score (nSPS) is 10.0. The van der Waals surface area contributed by atoms with Crippen molar-refractivity contribution < 1.29 is 9.59 Å². The maximum atomic E-state index is 11.4. The van der Waals surface area contributed by atoms with Crippen LogP contribution in [0.3, 0.4) is 0 Å². The van der Waals surface area contributed by atoms with Gasteiger partial charge in [0, 0.05) is 25.2 Å². The molecule has 6 nitrogen and oxygen atoms in total. The first-order valence-corrected chi connectivity index (χ1v) is 6.37. The lowest BCUT2D eigenvalue weighted by molar-refractivity contribution is -0.125. The minimum atomic E-state index is -0.323. The summed E-state index contributed by atoms with van der Waals surface area (Å²) in [6.07, 6.45) is 0. The molecule has 122 valence electrons. The van der Waals surface area contributed by atoms with Crippen LogP contribution in [0, 0.1) is 0 Å². The monoisotopic (exact) mass is 330 g/mol. The van der Waals surface area contributed by atoms with E-state index in [2.05, 4.69) is 43.2 Å². The van der Waals surface area contributed by atoms with Crippen molar-refractivity contribution in [2.75, 3.05) is 26.2 Å². The average Bonchev–Trinajstić information content (AvgIpc) is 2.30. The number of nitrogens with two attached hydrogens (primary N) is 1. The molecule has 0 atom stereocenters. The molecule has 0 aliphatic rings. The van der Waals surface area contributed by atoms with Gasteiger partial charge in [0.05, 0.1) is 13.1 Å². The molecule has 0 rings (SSSR count). The number of hydrogen-bond donors (Lipinski definition) is 3. The maximum Gasteiger partial charge on any atom is 0.239 e. The fourth-order valence-corrected chi connectivity index (χ4v) is 1.75. The Bertz CT molecular complexity index is 268. The summed E-state index contributed by atoms with van der Waals surface area (Å²) in [5.41, 5.74) is 5.11. The van der Waals surface area contributed by atoms with Crippen LogP contribution in [0.5, 0.6) is 0 Å². The van der Waals surface area contributed by atoms with Crippen LogP contribution < -0.4 is 16.4 Å². The Morgan fingerprint density at radius 2 is 1.50 bits per heavy atom. The molecule has 0 bridgehead atoms. The van der Waals surface area contributed by atoms with Crippen LogP contribution in [0.25, 0.3) is 0 Å². The van der Waals surface area contributed by atoms with Crippen molar-refractivity contribution >= 4 is 36.6 Å². The number of halogens is 2. The van der Waals surface area contributed by atoms with Crippen molar-refractivity contribution in [3.63, 3.8) is 0 Å². The molecule has 0 aromatic heterocycles. The van der Waals surface area contributed by atoms with E-state index in [0.717, 1.165) is 6.54 Å². The Balaban J connectivity index is -0.00000144. The van der Waals surface area contributed by atoms with Gasteiger partial charge in [0.2, 0.25) is 11.8 Å². The molecule has 0 saturated carbocycles. The zero-order valence-corrected chi connectivity index (χ0v) is 14.3. The van der Waals surface area contributed by atoms with Gasteiger partial charge in [-0.1, -0.05) is 0 Å². The second kappa shape index (κ2) is 13.4. The van der Waals surface area contributed by atoms with Crippen molar-refractivity contribution in [3.8, 4) is 0 Å². The van der Waals surface area contributed by atoms with Crippen molar-refractivity contribution in [3.05, 3.63) is 0 Å². The van der Waals surface area contributed by atoms with E-state index in [9.17, 15) is 9.59 Å². The molecule has 0 aromatic carbocycles. The largest absolute Gasteiger partial charge is 0.353 e. The number of rotatable bonds is 8. The summed E-state index contributed by atoms with van der Waals surface area (Å²) in [5, 5.41) is 5.19. The number of amides is 2. The Hall–Kier alpha value is -0.560. The molecule has 0 radical (unpaired) electrons. The van der Waals surface area contributed by atoms with Gasteiger partial charge < -0.3 is 16.4 Å². The topological polar surface area (TPSA) is 87.5 Å². The van der Waals surface area contributed by atoms with Gasteiger partial charge in [0.25, 0.3) is 0 Å². The van der Waals surface area contributed by atoms with Crippen LogP contribution in [0.15, 0.2) is 0 Å². The highest BCUT2D eigenvalue weighted by Gasteiger charge is 2.13. The first kappa shape index (κ1) is 24.5. The van der Waals surface area contributed by atoms with Gasteiger partial charge in [-0.05, 0) is 27.7 Å². The third kappa shape index (κ3) is 11.3. The van der Waals surface area contributed by atoms with Crippen molar-refractivity contribution in [1.29, 1.82) is 0 Å².